The van der Waals surface area contributed by atoms with E-state index in [1.54, 1.807) is 4.90 Å². The second-order valence-electron chi connectivity index (χ2n) is 9.08. The molecule has 3 aromatic carbocycles. The first-order chi connectivity index (χ1) is 16.7. The quantitative estimate of drug-likeness (QED) is 0.366. The van der Waals surface area contributed by atoms with E-state index >= 15 is 0 Å². The summed E-state index contributed by atoms with van der Waals surface area (Å²) in [6, 6.07) is 22.7. The first-order valence-electron chi connectivity index (χ1n) is 11.8. The van der Waals surface area contributed by atoms with E-state index in [4.69, 9.17) is 4.74 Å². The van der Waals surface area contributed by atoms with Crippen LogP contribution < -0.4 is 10.1 Å². The molecule has 184 valence electrons. The summed E-state index contributed by atoms with van der Waals surface area (Å²) >= 11 is 3.51. The van der Waals surface area contributed by atoms with E-state index in [-0.39, 0.29) is 31.0 Å². The Hall–Kier alpha value is -3.12. The van der Waals surface area contributed by atoms with Crippen molar-refractivity contribution in [2.45, 2.75) is 52.7 Å². The van der Waals surface area contributed by atoms with Gasteiger partial charge < -0.3 is 15.0 Å². The number of hydrogen-bond acceptors (Lipinski definition) is 3. The minimum Gasteiger partial charge on any atom is -0.483 e. The Bertz CT molecular complexity index is 1150. The standard InChI is InChI=1S/C29H33BrN2O3/c1-20(2)31-29(34)26(17-23-9-6-5-7-10-23)32(18-24-11-8-12-25(30)16-24)28(33)19-35-27-15-21(3)13-14-22(27)4/h5-16,20,26H,17-19H2,1-4H3,(H,31,34)/t26-/m1/s1. The lowest BCUT2D eigenvalue weighted by Gasteiger charge is -2.32. The van der Waals surface area contributed by atoms with Crippen molar-refractivity contribution < 1.29 is 14.3 Å². The molecule has 1 atom stereocenters. The van der Waals surface area contributed by atoms with Gasteiger partial charge in [-0.25, -0.2) is 0 Å². The zero-order valence-electron chi connectivity index (χ0n) is 20.8. The van der Waals surface area contributed by atoms with Gasteiger partial charge in [0.15, 0.2) is 6.61 Å². The van der Waals surface area contributed by atoms with Gasteiger partial charge in [-0.3, -0.25) is 9.59 Å². The van der Waals surface area contributed by atoms with Crippen molar-refractivity contribution in [2.24, 2.45) is 0 Å². The van der Waals surface area contributed by atoms with Crippen LogP contribution in [0.5, 0.6) is 5.75 Å². The van der Waals surface area contributed by atoms with Gasteiger partial charge in [0.25, 0.3) is 5.91 Å². The molecule has 0 aliphatic rings. The van der Waals surface area contributed by atoms with Crippen molar-refractivity contribution in [1.29, 1.82) is 0 Å². The number of amides is 2. The minimum absolute atomic E-state index is 0.0465. The largest absolute Gasteiger partial charge is 0.483 e. The normalized spacial score (nSPS) is 11.7. The van der Waals surface area contributed by atoms with Crippen molar-refractivity contribution in [2.75, 3.05) is 6.61 Å². The molecule has 0 unspecified atom stereocenters. The highest BCUT2D eigenvalue weighted by atomic mass is 79.9. The third kappa shape index (κ3) is 7.96. The second kappa shape index (κ2) is 12.5. The maximum absolute atomic E-state index is 13.6. The predicted octanol–water partition coefficient (Wildman–Crippen LogP) is 5.61. The first-order valence-corrected chi connectivity index (χ1v) is 12.6. The van der Waals surface area contributed by atoms with Crippen LogP contribution in [0.15, 0.2) is 77.3 Å². The van der Waals surface area contributed by atoms with Crippen LogP contribution in [0, 0.1) is 13.8 Å². The van der Waals surface area contributed by atoms with E-state index in [2.05, 4.69) is 21.2 Å². The van der Waals surface area contributed by atoms with Crippen LogP contribution in [0.1, 0.15) is 36.1 Å². The third-order valence-electron chi connectivity index (χ3n) is 5.64. The summed E-state index contributed by atoms with van der Waals surface area (Å²) < 4.78 is 6.87. The fraction of sp³-hybridized carbons (Fsp3) is 0.310. The minimum atomic E-state index is -0.687. The van der Waals surface area contributed by atoms with Gasteiger partial charge >= 0.3 is 0 Å². The maximum Gasteiger partial charge on any atom is 0.261 e. The molecule has 3 rings (SSSR count). The van der Waals surface area contributed by atoms with Crippen molar-refractivity contribution in [1.82, 2.24) is 10.2 Å². The van der Waals surface area contributed by atoms with Crippen molar-refractivity contribution in [3.05, 3.63) is 99.5 Å². The van der Waals surface area contributed by atoms with E-state index < -0.39 is 6.04 Å². The number of carbonyl (C=O) groups is 2. The van der Waals surface area contributed by atoms with Gasteiger partial charge in [-0.2, -0.15) is 0 Å². The van der Waals surface area contributed by atoms with Crippen LogP contribution in [-0.2, 0) is 22.6 Å². The Balaban J connectivity index is 1.92. The first kappa shape index (κ1) is 26.5. The van der Waals surface area contributed by atoms with Crippen LogP contribution in [0.25, 0.3) is 0 Å². The predicted molar refractivity (Wildman–Crippen MR) is 143 cm³/mol. The lowest BCUT2D eigenvalue weighted by molar-refractivity contribution is -0.143. The molecule has 5 nitrogen and oxygen atoms in total. The van der Waals surface area contributed by atoms with Crippen molar-refractivity contribution in [3.63, 3.8) is 0 Å². The molecule has 1 N–H and O–H groups in total. The number of hydrogen-bond donors (Lipinski definition) is 1. The Morgan fingerprint density at radius 1 is 0.943 bits per heavy atom. The number of nitrogens with one attached hydrogen (secondary N) is 1. The molecular formula is C29H33BrN2O3. The molecule has 0 spiro atoms. The van der Waals surface area contributed by atoms with Gasteiger partial charge in [-0.05, 0) is 68.1 Å². The van der Waals surface area contributed by atoms with E-state index in [1.807, 2.05) is 100 Å². The molecule has 0 aliphatic carbocycles. The highest BCUT2D eigenvalue weighted by Crippen LogP contribution is 2.21. The summed E-state index contributed by atoms with van der Waals surface area (Å²) in [5.74, 6) is 0.247. The van der Waals surface area contributed by atoms with Crippen LogP contribution in [-0.4, -0.2) is 35.4 Å². The van der Waals surface area contributed by atoms with Crippen LogP contribution in [0.2, 0.25) is 0 Å². The lowest BCUT2D eigenvalue weighted by Crippen LogP contribution is -2.52. The zero-order valence-corrected chi connectivity index (χ0v) is 22.3. The third-order valence-corrected chi connectivity index (χ3v) is 6.13. The zero-order chi connectivity index (χ0) is 25.4. The Morgan fingerprint density at radius 3 is 2.34 bits per heavy atom. The topological polar surface area (TPSA) is 58.6 Å². The Labute approximate surface area is 216 Å². The van der Waals surface area contributed by atoms with Gasteiger partial charge in [0.1, 0.15) is 11.8 Å². The molecule has 0 fully saturated rings. The highest BCUT2D eigenvalue weighted by Gasteiger charge is 2.31. The van der Waals surface area contributed by atoms with Crippen LogP contribution >= 0.6 is 15.9 Å². The van der Waals surface area contributed by atoms with Crippen molar-refractivity contribution >= 4 is 27.7 Å². The number of aryl methyl sites for hydroxylation is 2. The number of benzene rings is 3. The molecule has 0 heterocycles. The van der Waals surface area contributed by atoms with Gasteiger partial charge in [0, 0.05) is 23.5 Å². The molecule has 0 saturated heterocycles. The number of nitrogens with zero attached hydrogens (tertiary/aromatic N) is 1. The van der Waals surface area contributed by atoms with Gasteiger partial charge in [0.2, 0.25) is 5.91 Å². The molecule has 35 heavy (non-hydrogen) atoms. The summed E-state index contributed by atoms with van der Waals surface area (Å²) in [4.78, 5) is 28.6. The summed E-state index contributed by atoms with van der Waals surface area (Å²) in [5.41, 5.74) is 3.93. The van der Waals surface area contributed by atoms with Crippen LogP contribution in [0.4, 0.5) is 0 Å². The van der Waals surface area contributed by atoms with E-state index in [0.717, 1.165) is 26.7 Å². The Morgan fingerprint density at radius 2 is 1.66 bits per heavy atom. The molecule has 0 radical (unpaired) electrons. The summed E-state index contributed by atoms with van der Waals surface area (Å²) in [6.45, 7) is 7.91. The van der Waals surface area contributed by atoms with E-state index in [9.17, 15) is 9.59 Å². The number of rotatable bonds is 10. The highest BCUT2D eigenvalue weighted by molar-refractivity contribution is 9.10. The van der Waals surface area contributed by atoms with Crippen LogP contribution in [0.3, 0.4) is 0 Å². The van der Waals surface area contributed by atoms with E-state index in [1.165, 1.54) is 0 Å². The molecule has 3 aromatic rings. The van der Waals surface area contributed by atoms with Gasteiger partial charge in [-0.15, -0.1) is 0 Å². The molecule has 6 heteroatoms. The molecule has 0 bridgehead atoms. The number of ether oxygens (including phenoxy) is 1. The molecule has 2 amide bonds. The van der Waals surface area contributed by atoms with Gasteiger partial charge in [0.05, 0.1) is 0 Å². The average molecular weight is 537 g/mol. The summed E-state index contributed by atoms with van der Waals surface area (Å²) in [5, 5.41) is 3.00. The fourth-order valence-corrected chi connectivity index (χ4v) is 4.30. The average Bonchev–Trinajstić information content (AvgIpc) is 2.82. The summed E-state index contributed by atoms with van der Waals surface area (Å²) in [6.07, 6.45) is 0.405. The second-order valence-corrected chi connectivity index (χ2v) is 9.99. The number of carbonyl (C=O) groups excluding carboxylic acids is 2. The van der Waals surface area contributed by atoms with Crippen molar-refractivity contribution in [3.8, 4) is 5.75 Å². The van der Waals surface area contributed by atoms with E-state index in [0.29, 0.717) is 12.2 Å². The fourth-order valence-electron chi connectivity index (χ4n) is 3.85. The molecule has 0 aliphatic heterocycles. The molecular weight excluding hydrogens is 504 g/mol. The molecule has 0 aromatic heterocycles. The van der Waals surface area contributed by atoms with Gasteiger partial charge in [-0.1, -0.05) is 70.5 Å². The monoisotopic (exact) mass is 536 g/mol. The SMILES string of the molecule is Cc1ccc(C)c(OCC(=O)N(Cc2cccc(Br)c2)[C@H](Cc2ccccc2)C(=O)NC(C)C)c1. The maximum atomic E-state index is 13.6. The molecule has 0 saturated carbocycles. The Kier molecular flexibility index (Phi) is 9.49. The smallest absolute Gasteiger partial charge is 0.261 e. The number of halogens is 1. The lowest BCUT2D eigenvalue weighted by atomic mass is 10.0. The summed E-state index contributed by atoms with van der Waals surface area (Å²) in [7, 11) is 0.